The second kappa shape index (κ2) is 5.61. The van der Waals surface area contributed by atoms with Crippen LogP contribution < -0.4 is 0 Å². The fourth-order valence-corrected chi connectivity index (χ4v) is 11.9. The van der Waals surface area contributed by atoms with Gasteiger partial charge in [0.05, 0.1) is 0 Å². The van der Waals surface area contributed by atoms with Crippen molar-refractivity contribution in [2.24, 2.45) is 23.7 Å². The Morgan fingerprint density at radius 1 is 0.739 bits per heavy atom. The third-order valence-corrected chi connectivity index (χ3v) is 11.8. The lowest BCUT2D eigenvalue weighted by Crippen LogP contribution is -2.55. The molecule has 128 valence electrons. The van der Waals surface area contributed by atoms with Crippen LogP contribution in [-0.2, 0) is 18.4 Å². The van der Waals surface area contributed by atoms with Gasteiger partial charge in [-0.1, -0.05) is 12.8 Å². The molecule has 4 fully saturated rings. The Balaban J connectivity index is 1.71. The second-order valence-electron chi connectivity index (χ2n) is 8.47. The Kier molecular flexibility index (Phi) is 3.82. The maximum Gasteiger partial charge on any atom is 0.471 e. The molecule has 5 heteroatoms. The summed E-state index contributed by atoms with van der Waals surface area (Å²) in [6.45, 7) is 2.98. The van der Waals surface area contributed by atoms with E-state index in [0.717, 1.165) is 24.7 Å². The van der Waals surface area contributed by atoms with Gasteiger partial charge in [0.1, 0.15) is 0 Å². The van der Waals surface area contributed by atoms with Gasteiger partial charge in [-0.2, -0.15) is 0 Å². The first-order valence-corrected chi connectivity index (χ1v) is 11.3. The number of hydrogen-bond acceptors (Lipinski definition) is 4. The molecular weight excluding hydrogens is 308 g/mol. The van der Waals surface area contributed by atoms with E-state index in [1.165, 1.54) is 52.4 Å². The Hall–Kier alpha value is -0.843. The normalized spacial score (nSPS) is 41.3. The zero-order chi connectivity index (χ0) is 16.2. The summed E-state index contributed by atoms with van der Waals surface area (Å²) in [7, 11) is -2.86. The van der Waals surface area contributed by atoms with Gasteiger partial charge >= 0.3 is 8.56 Å². The second-order valence-corrected chi connectivity index (χ2v) is 11.8. The molecule has 0 saturated heterocycles. The largest absolute Gasteiger partial charge is 0.485 e. The van der Waals surface area contributed by atoms with Crippen molar-refractivity contribution in [3.05, 3.63) is 0 Å². The molecular formula is C18H28O4Si. The number of carbonyl (C=O) groups excluding carboxylic acids is 2. The monoisotopic (exact) mass is 336 g/mol. The average molecular weight is 337 g/mol. The molecule has 4 aliphatic rings. The van der Waals surface area contributed by atoms with Crippen LogP contribution in [0.4, 0.5) is 0 Å². The van der Waals surface area contributed by atoms with E-state index in [2.05, 4.69) is 0 Å². The fraction of sp³-hybridized carbons (Fsp3) is 0.889. The van der Waals surface area contributed by atoms with Crippen molar-refractivity contribution in [1.29, 1.82) is 0 Å². The number of carbonyl (C=O) groups is 2. The topological polar surface area (TPSA) is 52.6 Å². The van der Waals surface area contributed by atoms with Crippen LogP contribution in [0.15, 0.2) is 0 Å². The zero-order valence-corrected chi connectivity index (χ0v) is 15.3. The third kappa shape index (κ3) is 2.55. The molecule has 4 saturated carbocycles. The predicted octanol–water partition coefficient (Wildman–Crippen LogP) is 3.94. The highest BCUT2D eigenvalue weighted by atomic mass is 28.4. The molecule has 0 radical (unpaired) electrons. The van der Waals surface area contributed by atoms with Crippen LogP contribution in [0.2, 0.25) is 11.1 Å². The van der Waals surface area contributed by atoms with Crippen LogP contribution in [0, 0.1) is 23.7 Å². The summed E-state index contributed by atoms with van der Waals surface area (Å²) in [6, 6.07) is 0. The van der Waals surface area contributed by atoms with E-state index in [1.54, 1.807) is 0 Å². The Labute approximate surface area is 139 Å². The fourth-order valence-electron chi connectivity index (χ4n) is 6.52. The lowest BCUT2D eigenvalue weighted by atomic mass is 9.99. The molecule has 0 aromatic carbocycles. The van der Waals surface area contributed by atoms with Crippen LogP contribution >= 0.6 is 0 Å². The first kappa shape index (κ1) is 15.7. The summed E-state index contributed by atoms with van der Waals surface area (Å²) < 4.78 is 12.2. The van der Waals surface area contributed by atoms with Gasteiger partial charge in [0.2, 0.25) is 0 Å². The number of fused-ring (bicyclic) bond motifs is 4. The Morgan fingerprint density at radius 2 is 1.17 bits per heavy atom. The minimum absolute atomic E-state index is 0.247. The van der Waals surface area contributed by atoms with E-state index < -0.39 is 8.56 Å². The van der Waals surface area contributed by atoms with Crippen molar-refractivity contribution in [2.45, 2.75) is 76.3 Å². The molecule has 0 amide bonds. The van der Waals surface area contributed by atoms with Crippen molar-refractivity contribution < 1.29 is 18.4 Å². The van der Waals surface area contributed by atoms with E-state index in [9.17, 15) is 9.59 Å². The zero-order valence-electron chi connectivity index (χ0n) is 14.3. The molecule has 4 bridgehead atoms. The Morgan fingerprint density at radius 3 is 1.43 bits per heavy atom. The van der Waals surface area contributed by atoms with Gasteiger partial charge in [0.25, 0.3) is 11.9 Å². The Bertz CT molecular complexity index is 473. The summed E-state index contributed by atoms with van der Waals surface area (Å²) in [6.07, 6.45) is 9.81. The van der Waals surface area contributed by atoms with Gasteiger partial charge < -0.3 is 8.85 Å². The SMILES string of the molecule is CC(=O)O[Si](OC(C)=O)(C1CC2CCC1C2)C1CC2CCC1C2. The molecule has 4 aliphatic carbocycles. The molecule has 6 unspecified atom stereocenters. The van der Waals surface area contributed by atoms with E-state index in [-0.39, 0.29) is 11.9 Å². The highest BCUT2D eigenvalue weighted by Gasteiger charge is 2.67. The first-order chi connectivity index (χ1) is 11.0. The third-order valence-electron chi connectivity index (χ3n) is 7.12. The predicted molar refractivity (Wildman–Crippen MR) is 87.7 cm³/mol. The summed E-state index contributed by atoms with van der Waals surface area (Å²) in [5.74, 6) is 2.27. The maximum atomic E-state index is 12.0. The van der Waals surface area contributed by atoms with Crippen LogP contribution in [0.3, 0.4) is 0 Å². The molecule has 6 atom stereocenters. The molecule has 0 spiro atoms. The van der Waals surface area contributed by atoms with E-state index >= 15 is 0 Å². The van der Waals surface area contributed by atoms with Crippen LogP contribution in [0.25, 0.3) is 0 Å². The molecule has 23 heavy (non-hydrogen) atoms. The number of rotatable bonds is 4. The quantitative estimate of drug-likeness (QED) is 0.730. The van der Waals surface area contributed by atoms with Gasteiger partial charge in [-0.15, -0.1) is 0 Å². The van der Waals surface area contributed by atoms with Crippen molar-refractivity contribution in [1.82, 2.24) is 0 Å². The van der Waals surface area contributed by atoms with Crippen LogP contribution in [-0.4, -0.2) is 20.5 Å². The average Bonchev–Trinajstić information content (AvgIpc) is 3.25. The lowest BCUT2D eigenvalue weighted by molar-refractivity contribution is -0.140. The van der Waals surface area contributed by atoms with Crippen LogP contribution in [0.1, 0.15) is 65.2 Å². The van der Waals surface area contributed by atoms with Crippen molar-refractivity contribution in [2.75, 3.05) is 0 Å². The summed E-state index contributed by atoms with van der Waals surface area (Å²) in [5.41, 5.74) is 0.691. The van der Waals surface area contributed by atoms with E-state index in [1.807, 2.05) is 0 Å². The van der Waals surface area contributed by atoms with Gasteiger partial charge in [-0.05, 0) is 62.2 Å². The minimum Gasteiger partial charge on any atom is -0.485 e. The summed E-state index contributed by atoms with van der Waals surface area (Å²) in [4.78, 5) is 24.0. The highest BCUT2D eigenvalue weighted by Crippen LogP contribution is 2.64. The van der Waals surface area contributed by atoms with E-state index in [0.29, 0.717) is 22.9 Å². The molecule has 0 N–H and O–H groups in total. The lowest BCUT2D eigenvalue weighted by Gasteiger charge is -2.43. The van der Waals surface area contributed by atoms with Gasteiger partial charge in [-0.3, -0.25) is 9.59 Å². The minimum atomic E-state index is -2.86. The number of hydrogen-bond donors (Lipinski definition) is 0. The first-order valence-electron chi connectivity index (χ1n) is 9.37. The standard InChI is InChI=1S/C18H28O4Si/c1-11(19)21-23(22-12(2)20,17-9-13-3-5-15(17)7-13)18-10-14-4-6-16(18)8-14/h13-18H,3-10H2,1-2H3. The van der Waals surface area contributed by atoms with Crippen molar-refractivity contribution in [3.63, 3.8) is 0 Å². The van der Waals surface area contributed by atoms with Crippen molar-refractivity contribution >= 4 is 20.5 Å². The maximum absolute atomic E-state index is 12.0. The highest BCUT2D eigenvalue weighted by molar-refractivity contribution is 6.73. The van der Waals surface area contributed by atoms with Gasteiger partial charge in [-0.25, -0.2) is 0 Å². The molecule has 4 nitrogen and oxygen atoms in total. The van der Waals surface area contributed by atoms with Crippen molar-refractivity contribution in [3.8, 4) is 0 Å². The van der Waals surface area contributed by atoms with Gasteiger partial charge in [0, 0.05) is 24.9 Å². The van der Waals surface area contributed by atoms with Gasteiger partial charge in [0.15, 0.2) is 0 Å². The van der Waals surface area contributed by atoms with Crippen LogP contribution in [0.5, 0.6) is 0 Å². The molecule has 0 aromatic rings. The summed E-state index contributed by atoms with van der Waals surface area (Å²) >= 11 is 0. The smallest absolute Gasteiger partial charge is 0.471 e. The molecule has 0 heterocycles. The van der Waals surface area contributed by atoms with E-state index in [4.69, 9.17) is 8.85 Å². The molecule has 0 aromatic heterocycles. The molecule has 4 rings (SSSR count). The summed E-state index contributed by atoms with van der Waals surface area (Å²) in [5, 5.41) is 0. The molecule has 0 aliphatic heterocycles.